The standard InChI is InChI=1S/C27H27N3O2/c1-19-7-9-21(10-8-19)26-24-17-22(11-12-25(24)29-32-26)27(31)28-23-13-15-30(16-14-23)18-20-5-3-2-4-6-20/h2-12,17,23H,13-16,18H2,1H3,(H,28,31). The van der Waals surface area contributed by atoms with Gasteiger partial charge in [0.25, 0.3) is 5.91 Å². The minimum absolute atomic E-state index is 0.0375. The number of carbonyl (C=O) groups excluding carboxylic acids is 1. The van der Waals surface area contributed by atoms with Crippen LogP contribution in [0.3, 0.4) is 0 Å². The van der Waals surface area contributed by atoms with Crippen LogP contribution >= 0.6 is 0 Å². The maximum atomic E-state index is 13.0. The fourth-order valence-electron chi connectivity index (χ4n) is 4.34. The zero-order valence-electron chi connectivity index (χ0n) is 18.3. The third kappa shape index (κ3) is 4.43. The lowest BCUT2D eigenvalue weighted by molar-refractivity contribution is 0.0909. The average Bonchev–Trinajstić information content (AvgIpc) is 3.25. The number of fused-ring (bicyclic) bond motifs is 1. The van der Waals surface area contributed by atoms with Crippen molar-refractivity contribution in [3.8, 4) is 11.3 Å². The molecule has 0 radical (unpaired) electrons. The van der Waals surface area contributed by atoms with Gasteiger partial charge in [0, 0.05) is 36.8 Å². The second-order valence-corrected chi connectivity index (χ2v) is 8.62. The quantitative estimate of drug-likeness (QED) is 0.478. The van der Waals surface area contributed by atoms with Gasteiger partial charge in [-0.2, -0.15) is 0 Å². The maximum Gasteiger partial charge on any atom is 0.251 e. The highest BCUT2D eigenvalue weighted by Crippen LogP contribution is 2.29. The van der Waals surface area contributed by atoms with Gasteiger partial charge >= 0.3 is 0 Å². The van der Waals surface area contributed by atoms with Gasteiger partial charge in [0.2, 0.25) is 0 Å². The van der Waals surface area contributed by atoms with Crippen molar-refractivity contribution in [3.05, 3.63) is 89.5 Å². The summed E-state index contributed by atoms with van der Waals surface area (Å²) in [5.74, 6) is 0.660. The SMILES string of the molecule is Cc1ccc(-c2onc3ccc(C(=O)NC4CCN(Cc5ccccc5)CC4)cc23)cc1. The number of piperidine rings is 1. The first-order valence-electron chi connectivity index (χ1n) is 11.2. The summed E-state index contributed by atoms with van der Waals surface area (Å²) in [6, 6.07) is 24.4. The molecule has 3 aromatic carbocycles. The minimum Gasteiger partial charge on any atom is -0.355 e. The Morgan fingerprint density at radius 3 is 2.53 bits per heavy atom. The van der Waals surface area contributed by atoms with E-state index in [1.165, 1.54) is 11.1 Å². The number of carbonyl (C=O) groups is 1. The van der Waals surface area contributed by atoms with E-state index < -0.39 is 0 Å². The molecule has 1 amide bonds. The highest BCUT2D eigenvalue weighted by molar-refractivity contribution is 6.01. The summed E-state index contributed by atoms with van der Waals surface area (Å²) < 4.78 is 5.60. The first-order chi connectivity index (χ1) is 15.7. The monoisotopic (exact) mass is 425 g/mol. The van der Waals surface area contributed by atoms with Crippen molar-refractivity contribution in [1.29, 1.82) is 0 Å². The number of aryl methyl sites for hydroxylation is 1. The largest absolute Gasteiger partial charge is 0.355 e. The Hall–Kier alpha value is -3.44. The molecule has 1 aliphatic heterocycles. The van der Waals surface area contributed by atoms with Crippen molar-refractivity contribution >= 4 is 16.8 Å². The molecule has 0 spiro atoms. The Balaban J connectivity index is 1.24. The van der Waals surface area contributed by atoms with Crippen LogP contribution in [0.25, 0.3) is 22.2 Å². The Morgan fingerprint density at radius 2 is 1.78 bits per heavy atom. The number of nitrogens with one attached hydrogen (secondary N) is 1. The van der Waals surface area contributed by atoms with Crippen LogP contribution in [0.2, 0.25) is 0 Å². The van der Waals surface area contributed by atoms with E-state index in [0.29, 0.717) is 11.3 Å². The average molecular weight is 426 g/mol. The van der Waals surface area contributed by atoms with Crippen molar-refractivity contribution in [1.82, 2.24) is 15.4 Å². The minimum atomic E-state index is -0.0375. The van der Waals surface area contributed by atoms with Crippen LogP contribution in [0.1, 0.15) is 34.3 Å². The van der Waals surface area contributed by atoms with Gasteiger partial charge < -0.3 is 9.84 Å². The molecule has 1 aliphatic rings. The molecule has 32 heavy (non-hydrogen) atoms. The van der Waals surface area contributed by atoms with E-state index in [1.807, 2.05) is 48.5 Å². The van der Waals surface area contributed by atoms with E-state index in [0.717, 1.165) is 48.9 Å². The molecule has 1 aromatic heterocycles. The lowest BCUT2D eigenvalue weighted by Crippen LogP contribution is -2.44. The topological polar surface area (TPSA) is 58.4 Å². The van der Waals surface area contributed by atoms with Gasteiger partial charge in [0.1, 0.15) is 5.52 Å². The van der Waals surface area contributed by atoms with E-state index in [9.17, 15) is 4.79 Å². The summed E-state index contributed by atoms with van der Waals surface area (Å²) in [7, 11) is 0. The Labute approximate surface area is 188 Å². The molecule has 0 atom stereocenters. The summed E-state index contributed by atoms with van der Waals surface area (Å²) in [6.07, 6.45) is 1.92. The van der Waals surface area contributed by atoms with Crippen molar-refractivity contribution in [3.63, 3.8) is 0 Å². The lowest BCUT2D eigenvalue weighted by atomic mass is 10.0. The number of likely N-dealkylation sites (tertiary alicyclic amines) is 1. The highest BCUT2D eigenvalue weighted by atomic mass is 16.5. The molecule has 162 valence electrons. The maximum absolute atomic E-state index is 13.0. The second kappa shape index (κ2) is 8.97. The number of rotatable bonds is 5. The number of hydrogen-bond acceptors (Lipinski definition) is 4. The van der Waals surface area contributed by atoms with Gasteiger partial charge in [0.05, 0.1) is 5.39 Å². The van der Waals surface area contributed by atoms with Crippen molar-refractivity contribution in [2.75, 3.05) is 13.1 Å². The highest BCUT2D eigenvalue weighted by Gasteiger charge is 2.22. The van der Waals surface area contributed by atoms with Crippen molar-refractivity contribution < 1.29 is 9.32 Å². The van der Waals surface area contributed by atoms with Crippen LogP contribution in [0.5, 0.6) is 0 Å². The van der Waals surface area contributed by atoms with Crippen LogP contribution in [0, 0.1) is 6.92 Å². The second-order valence-electron chi connectivity index (χ2n) is 8.62. The summed E-state index contributed by atoms with van der Waals surface area (Å²) in [6.45, 7) is 4.99. The molecule has 1 saturated heterocycles. The number of amides is 1. The number of nitrogens with zero attached hydrogens (tertiary/aromatic N) is 2. The Morgan fingerprint density at radius 1 is 1.03 bits per heavy atom. The Kier molecular flexibility index (Phi) is 5.73. The summed E-state index contributed by atoms with van der Waals surface area (Å²) in [5, 5.41) is 8.25. The molecular formula is C27H27N3O2. The van der Waals surface area contributed by atoms with E-state index in [-0.39, 0.29) is 11.9 Å². The third-order valence-electron chi connectivity index (χ3n) is 6.22. The molecule has 5 rings (SSSR count). The predicted molar refractivity (Wildman–Crippen MR) is 126 cm³/mol. The van der Waals surface area contributed by atoms with Gasteiger partial charge in [-0.25, -0.2) is 0 Å². The lowest BCUT2D eigenvalue weighted by Gasteiger charge is -2.32. The van der Waals surface area contributed by atoms with Gasteiger partial charge in [-0.1, -0.05) is 65.3 Å². The molecule has 0 saturated carbocycles. The van der Waals surface area contributed by atoms with Gasteiger partial charge in [-0.05, 0) is 43.5 Å². The van der Waals surface area contributed by atoms with Gasteiger partial charge in [0.15, 0.2) is 5.76 Å². The molecule has 2 heterocycles. The number of benzene rings is 3. The molecule has 1 N–H and O–H groups in total. The molecule has 4 aromatic rings. The molecule has 5 heteroatoms. The van der Waals surface area contributed by atoms with E-state index >= 15 is 0 Å². The first-order valence-corrected chi connectivity index (χ1v) is 11.2. The van der Waals surface area contributed by atoms with Gasteiger partial charge in [-0.15, -0.1) is 0 Å². The molecule has 0 unspecified atom stereocenters. The Bertz CT molecular complexity index is 1210. The van der Waals surface area contributed by atoms with Crippen LogP contribution in [0.15, 0.2) is 77.3 Å². The normalized spacial score (nSPS) is 15.2. The van der Waals surface area contributed by atoms with E-state index in [2.05, 4.69) is 46.6 Å². The van der Waals surface area contributed by atoms with Crippen LogP contribution in [-0.4, -0.2) is 35.1 Å². The summed E-state index contributed by atoms with van der Waals surface area (Å²) in [5.41, 5.74) is 4.88. The smallest absolute Gasteiger partial charge is 0.251 e. The summed E-state index contributed by atoms with van der Waals surface area (Å²) >= 11 is 0. The molecular weight excluding hydrogens is 398 g/mol. The molecule has 0 aliphatic carbocycles. The number of hydrogen-bond donors (Lipinski definition) is 1. The van der Waals surface area contributed by atoms with Gasteiger partial charge in [-0.3, -0.25) is 9.69 Å². The van der Waals surface area contributed by atoms with Crippen LogP contribution in [-0.2, 0) is 6.54 Å². The first kappa shape index (κ1) is 20.5. The van der Waals surface area contributed by atoms with Crippen LogP contribution < -0.4 is 5.32 Å². The number of aromatic nitrogens is 1. The van der Waals surface area contributed by atoms with E-state index in [1.54, 1.807) is 0 Å². The predicted octanol–water partition coefficient (Wildman–Crippen LogP) is 5.20. The zero-order valence-corrected chi connectivity index (χ0v) is 18.3. The third-order valence-corrected chi connectivity index (χ3v) is 6.22. The summed E-state index contributed by atoms with van der Waals surface area (Å²) in [4.78, 5) is 15.4. The van der Waals surface area contributed by atoms with Crippen LogP contribution in [0.4, 0.5) is 0 Å². The fourth-order valence-corrected chi connectivity index (χ4v) is 4.34. The molecule has 5 nitrogen and oxygen atoms in total. The fraction of sp³-hybridized carbons (Fsp3) is 0.259. The van der Waals surface area contributed by atoms with Crippen molar-refractivity contribution in [2.24, 2.45) is 0 Å². The molecule has 0 bridgehead atoms. The van der Waals surface area contributed by atoms with E-state index in [4.69, 9.17) is 4.52 Å². The van der Waals surface area contributed by atoms with Crippen molar-refractivity contribution in [2.45, 2.75) is 32.4 Å². The molecule has 1 fully saturated rings. The zero-order chi connectivity index (χ0) is 21.9.